The third-order valence-electron chi connectivity index (χ3n) is 1.53. The first-order valence-electron chi connectivity index (χ1n) is 3.56. The number of hydrogen-bond donors (Lipinski definition) is 0. The average Bonchev–Trinajstić information content (AvgIpc) is 2.15. The summed E-state index contributed by atoms with van der Waals surface area (Å²) in [5.74, 6) is 0. The van der Waals surface area contributed by atoms with Gasteiger partial charge in [-0.15, -0.1) is 0 Å². The van der Waals surface area contributed by atoms with Crippen molar-refractivity contribution in [3.05, 3.63) is 27.5 Å². The lowest BCUT2D eigenvalue weighted by atomic mass is 10.2. The van der Waals surface area contributed by atoms with Crippen molar-refractivity contribution >= 4 is 32.8 Å². The number of hydrogen-bond acceptors (Lipinski definition) is 3. The van der Waals surface area contributed by atoms with Crippen molar-refractivity contribution < 1.29 is 13.6 Å². The molecular formula is C8H2BrClF2N2O. The number of halogens is 4. The molecule has 78 valence electrons. The third kappa shape index (κ3) is 2.49. The molecule has 0 radical (unpaired) electrons. The molecular weight excluding hydrogens is 293 g/mol. The largest absolute Gasteiger partial charge is 0.274 e. The van der Waals surface area contributed by atoms with Crippen LogP contribution in [0.4, 0.5) is 8.78 Å². The van der Waals surface area contributed by atoms with Gasteiger partial charge in [0.1, 0.15) is 17.5 Å². The van der Waals surface area contributed by atoms with Crippen molar-refractivity contribution in [2.75, 3.05) is 0 Å². The topological polar surface area (TPSA) is 53.8 Å². The Hall–Kier alpha value is -1.06. The van der Waals surface area contributed by atoms with E-state index in [1.54, 1.807) is 6.07 Å². The summed E-state index contributed by atoms with van der Waals surface area (Å²) >= 11 is 7.91. The molecule has 3 nitrogen and oxygen atoms in total. The van der Waals surface area contributed by atoms with Gasteiger partial charge >= 0.3 is 0 Å². The second kappa shape index (κ2) is 4.64. The maximum atomic E-state index is 12.5. The Kier molecular flexibility index (Phi) is 3.72. The van der Waals surface area contributed by atoms with Crippen LogP contribution in [0, 0.1) is 11.3 Å². The zero-order valence-corrected chi connectivity index (χ0v) is 9.31. The molecule has 0 bridgehead atoms. The number of alkyl halides is 2. The summed E-state index contributed by atoms with van der Waals surface area (Å²) in [6.45, 7) is 0. The van der Waals surface area contributed by atoms with Gasteiger partial charge < -0.3 is 0 Å². The van der Waals surface area contributed by atoms with E-state index < -0.39 is 22.9 Å². The van der Waals surface area contributed by atoms with E-state index >= 15 is 0 Å². The fraction of sp³-hybridized carbons (Fsp3) is 0.125. The summed E-state index contributed by atoms with van der Waals surface area (Å²) in [4.78, 5) is 14.3. The Bertz CT molecular complexity index is 459. The van der Waals surface area contributed by atoms with Gasteiger partial charge in [0.25, 0.3) is 11.7 Å². The average molecular weight is 295 g/mol. The van der Waals surface area contributed by atoms with E-state index in [4.69, 9.17) is 16.9 Å². The van der Waals surface area contributed by atoms with Crippen molar-refractivity contribution in [3.63, 3.8) is 0 Å². The first-order valence-corrected chi connectivity index (χ1v) is 4.73. The molecule has 0 fully saturated rings. The molecule has 0 aliphatic carbocycles. The molecule has 7 heteroatoms. The molecule has 0 atom stereocenters. The van der Waals surface area contributed by atoms with Crippen LogP contribution in [-0.2, 0) is 0 Å². The van der Waals surface area contributed by atoms with E-state index in [1.807, 2.05) is 0 Å². The molecule has 0 saturated heterocycles. The molecule has 0 saturated carbocycles. The first-order chi connectivity index (χ1) is 6.97. The van der Waals surface area contributed by atoms with Crippen LogP contribution in [0.15, 0.2) is 10.5 Å². The maximum Gasteiger partial charge on any atom is 0.271 e. The zero-order valence-electron chi connectivity index (χ0n) is 6.97. The van der Waals surface area contributed by atoms with Gasteiger partial charge in [-0.3, -0.25) is 4.79 Å². The van der Waals surface area contributed by atoms with Gasteiger partial charge in [-0.2, -0.15) is 5.26 Å². The van der Waals surface area contributed by atoms with Crippen molar-refractivity contribution in [3.8, 4) is 6.07 Å². The molecule has 0 amide bonds. The lowest BCUT2D eigenvalue weighted by Gasteiger charge is -2.06. The highest BCUT2D eigenvalue weighted by atomic mass is 79.9. The minimum absolute atomic E-state index is 0.0620. The summed E-state index contributed by atoms with van der Waals surface area (Å²) < 4.78 is 25.0. The van der Waals surface area contributed by atoms with E-state index in [0.29, 0.717) is 0 Å². The molecule has 0 aromatic carbocycles. The van der Waals surface area contributed by atoms with E-state index in [-0.39, 0.29) is 10.2 Å². The highest BCUT2D eigenvalue weighted by molar-refractivity contribution is 9.10. The van der Waals surface area contributed by atoms with Gasteiger partial charge in [-0.25, -0.2) is 13.8 Å². The van der Waals surface area contributed by atoms with E-state index in [9.17, 15) is 13.6 Å². The fourth-order valence-corrected chi connectivity index (χ4v) is 1.66. The lowest BCUT2D eigenvalue weighted by Crippen LogP contribution is -2.05. The van der Waals surface area contributed by atoms with Gasteiger partial charge in [-0.1, -0.05) is 15.9 Å². The molecule has 0 N–H and O–H groups in total. The Labute approximate surface area is 96.8 Å². The van der Waals surface area contributed by atoms with Crippen LogP contribution in [0.3, 0.4) is 0 Å². The molecule has 1 rings (SSSR count). The molecule has 0 spiro atoms. The Morgan fingerprint density at radius 1 is 1.67 bits per heavy atom. The highest BCUT2D eigenvalue weighted by Gasteiger charge is 2.23. The number of carbonyl (C=O) groups excluding carboxylic acids is 1. The Morgan fingerprint density at radius 3 is 2.67 bits per heavy atom. The van der Waals surface area contributed by atoms with Gasteiger partial charge in [0.2, 0.25) is 0 Å². The number of nitrogens with zero attached hydrogens (tertiary/aromatic N) is 2. The van der Waals surface area contributed by atoms with E-state index in [1.165, 1.54) is 0 Å². The number of pyridine rings is 1. The zero-order chi connectivity index (χ0) is 11.6. The Balaban J connectivity index is 3.51. The summed E-state index contributed by atoms with van der Waals surface area (Å²) in [6.07, 6.45) is -2.89. The van der Waals surface area contributed by atoms with E-state index in [2.05, 4.69) is 20.9 Å². The highest BCUT2D eigenvalue weighted by Crippen LogP contribution is 2.30. The first kappa shape index (κ1) is 12.0. The molecule has 0 aliphatic heterocycles. The van der Waals surface area contributed by atoms with Crippen molar-refractivity contribution in [2.24, 2.45) is 0 Å². The molecule has 1 aromatic rings. The molecule has 15 heavy (non-hydrogen) atoms. The van der Waals surface area contributed by atoms with Crippen molar-refractivity contribution in [2.45, 2.75) is 6.43 Å². The molecule has 0 aliphatic rings. The minimum Gasteiger partial charge on any atom is -0.274 e. The van der Waals surface area contributed by atoms with Crippen LogP contribution in [0.2, 0.25) is 0 Å². The van der Waals surface area contributed by atoms with Gasteiger partial charge in [0, 0.05) is 4.47 Å². The summed E-state index contributed by atoms with van der Waals surface area (Å²) in [7, 11) is 0. The lowest BCUT2D eigenvalue weighted by molar-refractivity contribution is 0.106. The van der Waals surface area contributed by atoms with Crippen LogP contribution in [0.25, 0.3) is 0 Å². The van der Waals surface area contributed by atoms with E-state index in [0.717, 1.165) is 6.07 Å². The minimum atomic E-state index is -2.89. The second-order valence-electron chi connectivity index (χ2n) is 2.44. The summed E-state index contributed by atoms with van der Waals surface area (Å²) in [5.41, 5.74) is -1.36. The van der Waals surface area contributed by atoms with Gasteiger partial charge in [0.05, 0.1) is 5.56 Å². The smallest absolute Gasteiger partial charge is 0.271 e. The van der Waals surface area contributed by atoms with Crippen LogP contribution >= 0.6 is 27.5 Å². The molecule has 1 heterocycles. The van der Waals surface area contributed by atoms with Crippen molar-refractivity contribution in [1.29, 1.82) is 5.26 Å². The third-order valence-corrected chi connectivity index (χ3v) is 2.36. The predicted octanol–water partition coefficient (Wildman–Crippen LogP) is 3.03. The van der Waals surface area contributed by atoms with Gasteiger partial charge in [0.15, 0.2) is 0 Å². The second-order valence-corrected chi connectivity index (χ2v) is 3.64. The fourth-order valence-electron chi connectivity index (χ4n) is 0.939. The van der Waals surface area contributed by atoms with Crippen molar-refractivity contribution in [1.82, 2.24) is 4.98 Å². The SMILES string of the molecule is N#Cc1cc(Br)c(C(F)F)c(C(=O)Cl)n1. The summed E-state index contributed by atoms with van der Waals surface area (Å²) in [6, 6.07) is 2.73. The number of carbonyl (C=O) groups is 1. The summed E-state index contributed by atoms with van der Waals surface area (Å²) in [5, 5.41) is 7.40. The van der Waals surface area contributed by atoms with Crippen LogP contribution < -0.4 is 0 Å². The molecule has 0 unspecified atom stereocenters. The maximum absolute atomic E-state index is 12.5. The number of rotatable bonds is 2. The number of nitriles is 1. The quantitative estimate of drug-likeness (QED) is 0.788. The van der Waals surface area contributed by atoms with Crippen LogP contribution in [-0.4, -0.2) is 10.2 Å². The van der Waals surface area contributed by atoms with Gasteiger partial charge in [-0.05, 0) is 17.7 Å². The Morgan fingerprint density at radius 2 is 2.27 bits per heavy atom. The predicted molar refractivity (Wildman–Crippen MR) is 51.8 cm³/mol. The number of aromatic nitrogens is 1. The standard InChI is InChI=1S/C8H2BrClF2N2O/c9-4-1-3(2-13)14-6(7(10)15)5(4)8(11)12/h1,8H. The monoisotopic (exact) mass is 294 g/mol. The van der Waals surface area contributed by atoms with Crippen LogP contribution in [0.5, 0.6) is 0 Å². The molecule has 1 aromatic heterocycles. The normalized spacial score (nSPS) is 10.1. The van der Waals surface area contributed by atoms with Crippen LogP contribution in [0.1, 0.15) is 28.2 Å².